The molecule has 150 valence electrons. The van der Waals surface area contributed by atoms with Crippen molar-refractivity contribution in [3.8, 4) is 0 Å². The summed E-state index contributed by atoms with van der Waals surface area (Å²) in [4.78, 5) is 2.11. The molecule has 0 aliphatic carbocycles. The maximum atomic E-state index is 2.39. The van der Waals surface area contributed by atoms with E-state index >= 15 is 0 Å². The number of benzene rings is 3. The molecule has 30 heavy (non-hydrogen) atoms. The molecule has 0 N–H and O–H groups in total. The normalized spacial score (nSPS) is 12.2. The van der Waals surface area contributed by atoms with E-state index < -0.39 is 0 Å². The highest BCUT2D eigenvalue weighted by Gasteiger charge is 2.18. The Morgan fingerprint density at radius 1 is 0.833 bits per heavy atom. The molecule has 0 radical (unpaired) electrons. The van der Waals surface area contributed by atoms with Crippen LogP contribution in [0.1, 0.15) is 17.5 Å². The summed E-state index contributed by atoms with van der Waals surface area (Å²) < 4.78 is 3.75. The molecule has 0 saturated heterocycles. The molecule has 1 aromatic heterocycles. The van der Waals surface area contributed by atoms with Crippen LogP contribution in [0, 0.1) is 0 Å². The molecule has 0 unspecified atom stereocenters. The summed E-state index contributed by atoms with van der Waals surface area (Å²) in [6.07, 6.45) is 12.7. The van der Waals surface area contributed by atoms with Crippen LogP contribution in [0.3, 0.4) is 0 Å². The van der Waals surface area contributed by atoms with Crippen LogP contribution in [0.2, 0.25) is 0 Å². The van der Waals surface area contributed by atoms with Crippen LogP contribution in [0.5, 0.6) is 0 Å². The number of rotatable bonds is 6. The molecule has 0 amide bonds. The van der Waals surface area contributed by atoms with Gasteiger partial charge in [0.1, 0.15) is 11.2 Å². The Balaban J connectivity index is 1.51. The van der Waals surface area contributed by atoms with Gasteiger partial charge in [0.15, 0.2) is 0 Å². The predicted octanol–water partition coefficient (Wildman–Crippen LogP) is 6.71. The fourth-order valence-electron chi connectivity index (χ4n) is 3.60. The smallest absolute Gasteiger partial charge is 0.262 e. The third-order valence-electron chi connectivity index (χ3n) is 5.21. The van der Waals surface area contributed by atoms with Crippen molar-refractivity contribution >= 4 is 50.2 Å². The van der Waals surface area contributed by atoms with E-state index in [2.05, 4.69) is 128 Å². The minimum absolute atomic E-state index is 0.963. The molecule has 0 atom stereocenters. The highest BCUT2D eigenvalue weighted by molar-refractivity contribution is 7.19. The molecule has 0 aliphatic heterocycles. The van der Waals surface area contributed by atoms with Gasteiger partial charge in [-0.1, -0.05) is 78.1 Å². The molecule has 0 saturated carbocycles. The van der Waals surface area contributed by atoms with Gasteiger partial charge < -0.3 is 4.90 Å². The third kappa shape index (κ3) is 4.22. The Morgan fingerprint density at radius 3 is 2.30 bits per heavy atom. The summed E-state index contributed by atoms with van der Waals surface area (Å²) >= 11 is 1.86. The Bertz CT molecular complexity index is 1240. The van der Waals surface area contributed by atoms with Crippen LogP contribution >= 0.6 is 11.3 Å². The van der Waals surface area contributed by atoms with E-state index in [4.69, 9.17) is 0 Å². The lowest BCUT2D eigenvalue weighted by molar-refractivity contribution is -0.665. The van der Waals surface area contributed by atoms with Crippen LogP contribution in [0.4, 0.5) is 5.69 Å². The first-order valence-corrected chi connectivity index (χ1v) is 11.1. The van der Waals surface area contributed by atoms with E-state index in [-0.39, 0.29) is 0 Å². The molecular weight excluding hydrogens is 384 g/mol. The highest BCUT2D eigenvalue weighted by Crippen LogP contribution is 2.29. The van der Waals surface area contributed by atoms with Crippen LogP contribution < -0.4 is 9.47 Å². The zero-order valence-electron chi connectivity index (χ0n) is 17.7. The zero-order chi connectivity index (χ0) is 20.9. The van der Waals surface area contributed by atoms with Crippen molar-refractivity contribution in [2.75, 3.05) is 19.0 Å². The van der Waals surface area contributed by atoms with E-state index in [1.165, 1.54) is 37.2 Å². The lowest BCUT2D eigenvalue weighted by Crippen LogP contribution is -2.33. The van der Waals surface area contributed by atoms with Gasteiger partial charge in [0.2, 0.25) is 5.52 Å². The summed E-state index contributed by atoms with van der Waals surface area (Å²) in [5.41, 5.74) is 3.73. The Hall–Kier alpha value is -3.17. The molecule has 2 nitrogen and oxygen atoms in total. The second kappa shape index (κ2) is 9.10. The Morgan fingerprint density at radius 2 is 1.57 bits per heavy atom. The van der Waals surface area contributed by atoms with Gasteiger partial charge in [-0.25, -0.2) is 0 Å². The van der Waals surface area contributed by atoms with Crippen molar-refractivity contribution in [2.24, 2.45) is 0 Å². The number of anilines is 1. The quantitative estimate of drug-likeness (QED) is 0.253. The standard InChI is InChI=1S/C27H27N2S/c1-4-29-25-20-17-22-12-9-10-13-24(22)27(25)30-26(29)14-8-6-5-7-11-21-15-18-23(19-16-21)28(2)3/h5-20H,4H2,1-3H3/q+1. The molecule has 0 fully saturated rings. The van der Waals surface area contributed by atoms with Gasteiger partial charge in [0.05, 0.1) is 0 Å². The molecule has 3 heteroatoms. The van der Waals surface area contributed by atoms with Gasteiger partial charge in [-0.05, 0) is 36.1 Å². The van der Waals surface area contributed by atoms with Crippen molar-refractivity contribution in [3.05, 3.63) is 95.5 Å². The van der Waals surface area contributed by atoms with Crippen LogP contribution in [0.25, 0.3) is 33.1 Å². The summed E-state index contributed by atoms with van der Waals surface area (Å²) in [5, 5.41) is 3.91. The van der Waals surface area contributed by atoms with Crippen LogP contribution in [-0.4, -0.2) is 14.1 Å². The van der Waals surface area contributed by atoms with Crippen molar-refractivity contribution in [1.82, 2.24) is 0 Å². The number of aryl methyl sites for hydroxylation is 1. The second-order valence-corrected chi connectivity index (χ2v) is 8.44. The fraction of sp³-hybridized carbons (Fsp3) is 0.148. The largest absolute Gasteiger partial charge is 0.378 e. The topological polar surface area (TPSA) is 7.12 Å². The van der Waals surface area contributed by atoms with E-state index in [1.807, 2.05) is 11.3 Å². The van der Waals surface area contributed by atoms with E-state index in [9.17, 15) is 0 Å². The van der Waals surface area contributed by atoms with Gasteiger partial charge in [0.25, 0.3) is 5.01 Å². The van der Waals surface area contributed by atoms with Gasteiger partial charge in [-0.15, -0.1) is 0 Å². The average molecular weight is 412 g/mol. The molecule has 4 rings (SSSR count). The van der Waals surface area contributed by atoms with Crippen molar-refractivity contribution in [2.45, 2.75) is 13.5 Å². The number of hydrogen-bond donors (Lipinski definition) is 0. The minimum Gasteiger partial charge on any atom is -0.378 e. The first-order chi connectivity index (χ1) is 14.7. The van der Waals surface area contributed by atoms with Crippen LogP contribution in [-0.2, 0) is 6.54 Å². The Kier molecular flexibility index (Phi) is 6.10. The molecule has 0 spiro atoms. The fourth-order valence-corrected chi connectivity index (χ4v) is 4.87. The van der Waals surface area contributed by atoms with E-state index in [1.54, 1.807) is 0 Å². The number of aromatic nitrogens is 1. The predicted molar refractivity (Wildman–Crippen MR) is 133 cm³/mol. The molecule has 4 aromatic rings. The maximum Gasteiger partial charge on any atom is 0.262 e. The first kappa shape index (κ1) is 20.1. The van der Waals surface area contributed by atoms with E-state index in [0.717, 1.165) is 6.54 Å². The minimum atomic E-state index is 0.963. The van der Waals surface area contributed by atoms with Gasteiger partial charge >= 0.3 is 0 Å². The third-order valence-corrected chi connectivity index (χ3v) is 6.41. The summed E-state index contributed by atoms with van der Waals surface area (Å²) in [7, 11) is 4.11. The summed E-state index contributed by atoms with van der Waals surface area (Å²) in [6, 6.07) is 21.6. The number of thiazole rings is 1. The highest BCUT2D eigenvalue weighted by atomic mass is 32.1. The maximum absolute atomic E-state index is 2.39. The lowest BCUT2D eigenvalue weighted by atomic mass is 10.1. The van der Waals surface area contributed by atoms with Gasteiger partial charge in [0, 0.05) is 37.3 Å². The lowest BCUT2D eigenvalue weighted by Gasteiger charge is -2.11. The average Bonchev–Trinajstić information content (AvgIpc) is 3.14. The number of nitrogens with zero attached hydrogens (tertiary/aromatic N) is 2. The SMILES string of the molecule is CC[n+]1c(C=CC=CC=Cc2ccc(N(C)C)cc2)sc2c3ccccc3ccc21. The monoisotopic (exact) mass is 411 g/mol. The van der Waals surface area contributed by atoms with Crippen molar-refractivity contribution in [1.29, 1.82) is 0 Å². The second-order valence-electron chi connectivity index (χ2n) is 7.41. The summed E-state index contributed by atoms with van der Waals surface area (Å²) in [5.74, 6) is 0. The van der Waals surface area contributed by atoms with Crippen molar-refractivity contribution < 1.29 is 4.57 Å². The molecule has 0 aliphatic rings. The number of fused-ring (bicyclic) bond motifs is 3. The first-order valence-electron chi connectivity index (χ1n) is 10.3. The molecular formula is C27H27N2S+. The van der Waals surface area contributed by atoms with E-state index in [0.29, 0.717) is 0 Å². The molecule has 3 aromatic carbocycles. The molecule has 1 heterocycles. The Labute approximate surface area is 182 Å². The van der Waals surface area contributed by atoms with Gasteiger partial charge in [-0.2, -0.15) is 4.57 Å². The summed E-state index contributed by atoms with van der Waals surface area (Å²) in [6.45, 7) is 3.17. The van der Waals surface area contributed by atoms with Crippen molar-refractivity contribution in [3.63, 3.8) is 0 Å². The van der Waals surface area contributed by atoms with Gasteiger partial charge in [-0.3, -0.25) is 0 Å². The number of allylic oxidation sites excluding steroid dienone is 4. The van der Waals surface area contributed by atoms with Crippen LogP contribution in [0.15, 0.2) is 85.0 Å². The molecule has 0 bridgehead atoms. The zero-order valence-corrected chi connectivity index (χ0v) is 18.6. The number of hydrogen-bond acceptors (Lipinski definition) is 2.